The van der Waals surface area contributed by atoms with Crippen molar-refractivity contribution in [1.29, 1.82) is 0 Å². The number of amides is 2. The van der Waals surface area contributed by atoms with E-state index < -0.39 is 0 Å². The molecule has 150 valence electrons. The summed E-state index contributed by atoms with van der Waals surface area (Å²) >= 11 is 0. The lowest BCUT2D eigenvalue weighted by Gasteiger charge is -2.33. The molecule has 0 aliphatic heterocycles. The van der Waals surface area contributed by atoms with Crippen LogP contribution < -0.4 is 10.2 Å². The number of nitrogens with one attached hydrogen (secondary N) is 1. The number of carbonyl (C=O) groups is 2. The van der Waals surface area contributed by atoms with Gasteiger partial charge >= 0.3 is 0 Å². The number of hydrogen-bond acceptors (Lipinski definition) is 3. The Morgan fingerprint density at radius 1 is 1.11 bits per heavy atom. The number of anilines is 2. The highest BCUT2D eigenvalue weighted by Crippen LogP contribution is 2.34. The summed E-state index contributed by atoms with van der Waals surface area (Å²) in [6.07, 6.45) is 2.01. The third-order valence-corrected chi connectivity index (χ3v) is 5.36. The second-order valence-corrected chi connectivity index (χ2v) is 8.61. The molecule has 5 heteroatoms. The number of nitrogens with zero attached hydrogens (tertiary/aromatic N) is 2. The minimum Gasteiger partial charge on any atom is -0.377 e. The molecule has 1 aromatic rings. The van der Waals surface area contributed by atoms with E-state index >= 15 is 0 Å². The Balaban J connectivity index is 2.33. The summed E-state index contributed by atoms with van der Waals surface area (Å²) in [6, 6.07) is 6.13. The van der Waals surface area contributed by atoms with Crippen molar-refractivity contribution >= 4 is 23.2 Å². The monoisotopic (exact) mass is 373 g/mol. The summed E-state index contributed by atoms with van der Waals surface area (Å²) in [7, 11) is 4.01. The van der Waals surface area contributed by atoms with Gasteiger partial charge in [-0.05, 0) is 49.4 Å². The highest BCUT2D eigenvalue weighted by atomic mass is 16.2. The quantitative estimate of drug-likeness (QED) is 0.745. The number of hydrogen-bond donors (Lipinski definition) is 1. The van der Waals surface area contributed by atoms with Crippen LogP contribution in [0.3, 0.4) is 0 Å². The van der Waals surface area contributed by atoms with E-state index in [1.807, 2.05) is 51.0 Å². The fourth-order valence-corrected chi connectivity index (χ4v) is 3.04. The van der Waals surface area contributed by atoms with E-state index in [0.29, 0.717) is 12.5 Å². The lowest BCUT2D eigenvalue weighted by atomic mass is 10.0. The van der Waals surface area contributed by atoms with Crippen molar-refractivity contribution in [1.82, 2.24) is 4.90 Å². The van der Waals surface area contributed by atoms with E-state index in [2.05, 4.69) is 31.0 Å². The van der Waals surface area contributed by atoms with Gasteiger partial charge in [0.05, 0.1) is 0 Å². The standard InChI is InChI=1S/C22H35N3O2/c1-14(2)16(5)25(22(27)17-8-9-17)13-18-12-19(23-21(26)15(3)4)10-11-20(18)24(6)7/h10-12,14-17H,8-9,13H2,1-7H3,(H,23,26). The molecule has 0 aromatic heterocycles. The van der Waals surface area contributed by atoms with Crippen LogP contribution >= 0.6 is 0 Å². The molecule has 1 N–H and O–H groups in total. The molecule has 0 saturated heterocycles. The zero-order chi connectivity index (χ0) is 20.3. The highest BCUT2D eigenvalue weighted by Gasteiger charge is 2.36. The predicted octanol–water partition coefficient (Wildman–Crippen LogP) is 4.13. The van der Waals surface area contributed by atoms with Crippen molar-refractivity contribution in [2.75, 3.05) is 24.3 Å². The topological polar surface area (TPSA) is 52.7 Å². The smallest absolute Gasteiger partial charge is 0.226 e. The number of benzene rings is 1. The Labute approximate surface area is 164 Å². The van der Waals surface area contributed by atoms with Crippen LogP contribution in [0, 0.1) is 17.8 Å². The summed E-state index contributed by atoms with van der Waals surface area (Å²) in [5, 5.41) is 2.98. The number of rotatable bonds is 8. The third-order valence-electron chi connectivity index (χ3n) is 5.36. The van der Waals surface area contributed by atoms with Crippen LogP contribution in [0.5, 0.6) is 0 Å². The molecule has 2 rings (SSSR count). The third kappa shape index (κ3) is 5.47. The van der Waals surface area contributed by atoms with Crippen LogP contribution in [0.2, 0.25) is 0 Å². The van der Waals surface area contributed by atoms with Crippen molar-refractivity contribution in [3.05, 3.63) is 23.8 Å². The van der Waals surface area contributed by atoms with Gasteiger partial charge in [0.2, 0.25) is 11.8 Å². The van der Waals surface area contributed by atoms with E-state index in [-0.39, 0.29) is 29.7 Å². The SMILES string of the molecule is CC(C)C(=O)Nc1ccc(N(C)C)c(CN(C(=O)C2CC2)C(C)C(C)C)c1. The van der Waals surface area contributed by atoms with Crippen LogP contribution in [0.4, 0.5) is 11.4 Å². The van der Waals surface area contributed by atoms with Crippen molar-refractivity contribution in [3.8, 4) is 0 Å². The maximum atomic E-state index is 12.9. The van der Waals surface area contributed by atoms with Gasteiger partial charge in [0.1, 0.15) is 0 Å². The zero-order valence-electron chi connectivity index (χ0n) is 17.9. The molecule has 1 fully saturated rings. The van der Waals surface area contributed by atoms with Crippen molar-refractivity contribution < 1.29 is 9.59 Å². The maximum absolute atomic E-state index is 12.9. The first-order chi connectivity index (χ1) is 12.6. The highest BCUT2D eigenvalue weighted by molar-refractivity contribution is 5.92. The summed E-state index contributed by atoms with van der Waals surface area (Å²) in [5.41, 5.74) is 2.91. The van der Waals surface area contributed by atoms with Crippen LogP contribution in [0.1, 0.15) is 53.0 Å². The molecule has 1 aliphatic carbocycles. The summed E-state index contributed by atoms with van der Waals surface area (Å²) in [5.74, 6) is 0.769. The first kappa shape index (κ1) is 21.3. The second kappa shape index (κ2) is 8.77. The normalized spacial score (nSPS) is 15.0. The Morgan fingerprint density at radius 2 is 1.74 bits per heavy atom. The van der Waals surface area contributed by atoms with Crippen molar-refractivity contribution in [2.24, 2.45) is 17.8 Å². The molecule has 0 spiro atoms. The Hall–Kier alpha value is -2.04. The lowest BCUT2D eigenvalue weighted by molar-refractivity contribution is -0.136. The molecule has 1 saturated carbocycles. The molecular formula is C22H35N3O2. The van der Waals surface area contributed by atoms with Crippen LogP contribution in [0.15, 0.2) is 18.2 Å². The average Bonchev–Trinajstić information content (AvgIpc) is 3.43. The Morgan fingerprint density at radius 3 is 2.22 bits per heavy atom. The van der Waals surface area contributed by atoms with Gasteiger partial charge in [0.25, 0.3) is 0 Å². The molecule has 1 atom stereocenters. The molecule has 5 nitrogen and oxygen atoms in total. The van der Waals surface area contributed by atoms with E-state index in [1.165, 1.54) is 0 Å². The van der Waals surface area contributed by atoms with Gasteiger partial charge in [-0.2, -0.15) is 0 Å². The van der Waals surface area contributed by atoms with Gasteiger partial charge in [-0.3, -0.25) is 9.59 Å². The van der Waals surface area contributed by atoms with Crippen molar-refractivity contribution in [3.63, 3.8) is 0 Å². The van der Waals surface area contributed by atoms with Crippen LogP contribution in [-0.2, 0) is 16.1 Å². The van der Waals surface area contributed by atoms with Gasteiger partial charge in [-0.1, -0.05) is 27.7 Å². The van der Waals surface area contributed by atoms with E-state index in [9.17, 15) is 9.59 Å². The van der Waals surface area contributed by atoms with E-state index in [0.717, 1.165) is 29.8 Å². The first-order valence-electron chi connectivity index (χ1n) is 10.0. The minimum atomic E-state index is -0.0733. The summed E-state index contributed by atoms with van der Waals surface area (Å²) in [6.45, 7) is 10.8. The van der Waals surface area contributed by atoms with Gasteiger partial charge in [-0.15, -0.1) is 0 Å². The molecule has 1 aromatic carbocycles. The molecular weight excluding hydrogens is 338 g/mol. The van der Waals surface area contributed by atoms with Crippen molar-refractivity contribution in [2.45, 2.75) is 60.0 Å². The molecule has 1 aliphatic rings. The zero-order valence-corrected chi connectivity index (χ0v) is 17.9. The van der Waals surface area contributed by atoms with Crippen LogP contribution in [0.25, 0.3) is 0 Å². The minimum absolute atomic E-state index is 0.0000134. The average molecular weight is 374 g/mol. The van der Waals surface area contributed by atoms with E-state index in [4.69, 9.17) is 0 Å². The molecule has 0 heterocycles. The van der Waals surface area contributed by atoms with Gasteiger partial charge in [0, 0.05) is 49.9 Å². The largest absolute Gasteiger partial charge is 0.377 e. The summed E-state index contributed by atoms with van der Waals surface area (Å²) in [4.78, 5) is 29.1. The number of carbonyl (C=O) groups excluding carboxylic acids is 2. The summed E-state index contributed by atoms with van der Waals surface area (Å²) < 4.78 is 0. The fourth-order valence-electron chi connectivity index (χ4n) is 3.04. The predicted molar refractivity (Wildman–Crippen MR) is 112 cm³/mol. The molecule has 27 heavy (non-hydrogen) atoms. The Bertz CT molecular complexity index is 678. The molecule has 2 amide bonds. The maximum Gasteiger partial charge on any atom is 0.226 e. The van der Waals surface area contributed by atoms with E-state index in [1.54, 1.807) is 0 Å². The lowest BCUT2D eigenvalue weighted by Crippen LogP contribution is -2.42. The first-order valence-corrected chi connectivity index (χ1v) is 10.0. The van der Waals surface area contributed by atoms with Crippen LogP contribution in [-0.4, -0.2) is 36.9 Å². The van der Waals surface area contributed by atoms with Gasteiger partial charge in [-0.25, -0.2) is 0 Å². The molecule has 1 unspecified atom stereocenters. The second-order valence-electron chi connectivity index (χ2n) is 8.61. The van der Waals surface area contributed by atoms with Gasteiger partial charge in [0.15, 0.2) is 0 Å². The Kier molecular flexibility index (Phi) is 6.90. The molecule has 0 radical (unpaired) electrons. The molecule has 0 bridgehead atoms. The fraction of sp³-hybridized carbons (Fsp3) is 0.636. The van der Waals surface area contributed by atoms with Gasteiger partial charge < -0.3 is 15.1 Å².